The molecule has 1 unspecified atom stereocenters. The number of nitrogens with one attached hydrogen (secondary N) is 1. The van der Waals surface area contributed by atoms with Crippen molar-refractivity contribution in [2.24, 2.45) is 17.1 Å². The fourth-order valence-electron chi connectivity index (χ4n) is 3.37. The number of rotatable bonds is 5. The molecule has 3 aliphatic rings. The first-order valence-electron chi connectivity index (χ1n) is 7.31. The molecule has 5 heteroatoms. The van der Waals surface area contributed by atoms with Gasteiger partial charge in [0.1, 0.15) is 11.4 Å². The average Bonchev–Trinajstić information content (AvgIpc) is 2.40. The van der Waals surface area contributed by atoms with Gasteiger partial charge in [-0.3, -0.25) is 9.78 Å². The minimum absolute atomic E-state index is 0.220. The Labute approximate surface area is 124 Å². The van der Waals surface area contributed by atoms with Crippen LogP contribution in [0, 0.1) is 11.3 Å². The predicted molar refractivity (Wildman–Crippen MR) is 79.4 cm³/mol. The number of carbonyl (C=O) groups is 1. The van der Waals surface area contributed by atoms with Crippen LogP contribution in [0.3, 0.4) is 0 Å². The van der Waals surface area contributed by atoms with Gasteiger partial charge in [0.2, 0.25) is 0 Å². The zero-order valence-electron chi connectivity index (χ0n) is 12.4. The maximum absolute atomic E-state index is 12.2. The number of allylic oxidation sites excluding steroid dienone is 1. The summed E-state index contributed by atoms with van der Waals surface area (Å²) in [6.45, 7) is 1.87. The van der Waals surface area contributed by atoms with Gasteiger partial charge in [0.15, 0.2) is 0 Å². The van der Waals surface area contributed by atoms with E-state index in [1.165, 1.54) is 19.3 Å². The highest BCUT2D eigenvalue weighted by Gasteiger charge is 2.55. The second-order valence-corrected chi connectivity index (χ2v) is 6.23. The lowest BCUT2D eigenvalue weighted by Crippen LogP contribution is -2.51. The van der Waals surface area contributed by atoms with Crippen LogP contribution in [0.5, 0.6) is 5.75 Å². The Balaban J connectivity index is 1.66. The van der Waals surface area contributed by atoms with Gasteiger partial charge in [0, 0.05) is 6.20 Å². The molecule has 1 atom stereocenters. The summed E-state index contributed by atoms with van der Waals surface area (Å²) in [6.07, 6.45) is 7.19. The molecule has 1 heterocycles. The molecule has 5 nitrogen and oxygen atoms in total. The zero-order chi connectivity index (χ0) is 15.0. The molecule has 1 aromatic rings. The quantitative estimate of drug-likeness (QED) is 0.811. The fourth-order valence-corrected chi connectivity index (χ4v) is 3.37. The van der Waals surface area contributed by atoms with E-state index in [-0.39, 0.29) is 17.4 Å². The molecule has 3 aliphatic carbocycles. The highest BCUT2D eigenvalue weighted by Crippen LogP contribution is 2.65. The number of hydrogen-bond acceptors (Lipinski definition) is 4. The number of aromatic nitrogens is 1. The normalized spacial score (nSPS) is 28.1. The molecule has 21 heavy (non-hydrogen) atoms. The van der Waals surface area contributed by atoms with E-state index in [0.29, 0.717) is 17.1 Å². The fraction of sp³-hybridized carbons (Fsp3) is 0.500. The van der Waals surface area contributed by atoms with Crippen LogP contribution in [0.4, 0.5) is 0 Å². The van der Waals surface area contributed by atoms with Gasteiger partial charge < -0.3 is 15.8 Å². The monoisotopic (exact) mass is 287 g/mol. The SMILES string of the molecule is COc1cccnc1C(C)NC(=O)C(N)=CC12CC(C1)C2. The smallest absolute Gasteiger partial charge is 0.267 e. The van der Waals surface area contributed by atoms with Gasteiger partial charge in [-0.05, 0) is 55.7 Å². The Hall–Kier alpha value is -2.04. The lowest BCUT2D eigenvalue weighted by Gasteiger charge is -2.60. The molecule has 3 saturated carbocycles. The van der Waals surface area contributed by atoms with E-state index in [1.807, 2.05) is 19.1 Å². The number of pyridine rings is 1. The van der Waals surface area contributed by atoms with Crippen molar-refractivity contribution in [1.29, 1.82) is 0 Å². The van der Waals surface area contributed by atoms with E-state index in [4.69, 9.17) is 10.5 Å². The van der Waals surface area contributed by atoms with Gasteiger partial charge in [-0.2, -0.15) is 0 Å². The van der Waals surface area contributed by atoms with Crippen molar-refractivity contribution in [2.45, 2.75) is 32.2 Å². The number of hydrogen-bond donors (Lipinski definition) is 2. The van der Waals surface area contributed by atoms with E-state index in [2.05, 4.69) is 10.3 Å². The average molecular weight is 287 g/mol. The maximum atomic E-state index is 12.2. The van der Waals surface area contributed by atoms with Gasteiger partial charge in [-0.1, -0.05) is 0 Å². The molecule has 0 spiro atoms. The Morgan fingerprint density at radius 1 is 1.57 bits per heavy atom. The van der Waals surface area contributed by atoms with Gasteiger partial charge in [0.05, 0.1) is 18.8 Å². The molecule has 1 aromatic heterocycles. The van der Waals surface area contributed by atoms with E-state index in [9.17, 15) is 4.79 Å². The molecular formula is C16H21N3O2. The number of nitrogens with zero attached hydrogens (tertiary/aromatic N) is 1. The van der Waals surface area contributed by atoms with E-state index >= 15 is 0 Å². The molecule has 2 bridgehead atoms. The van der Waals surface area contributed by atoms with Crippen molar-refractivity contribution in [3.63, 3.8) is 0 Å². The van der Waals surface area contributed by atoms with Crippen LogP contribution >= 0.6 is 0 Å². The van der Waals surface area contributed by atoms with Crippen molar-refractivity contribution in [3.8, 4) is 5.75 Å². The Kier molecular flexibility index (Phi) is 3.35. The Morgan fingerprint density at radius 2 is 2.29 bits per heavy atom. The van der Waals surface area contributed by atoms with Crippen LogP contribution in [0.15, 0.2) is 30.1 Å². The van der Waals surface area contributed by atoms with Gasteiger partial charge in [-0.25, -0.2) is 0 Å². The maximum Gasteiger partial charge on any atom is 0.267 e. The first-order valence-corrected chi connectivity index (χ1v) is 7.31. The van der Waals surface area contributed by atoms with Crippen molar-refractivity contribution in [3.05, 3.63) is 35.8 Å². The van der Waals surface area contributed by atoms with E-state index in [0.717, 1.165) is 5.92 Å². The lowest BCUT2D eigenvalue weighted by molar-refractivity contribution is -0.118. The standard InChI is InChI=1S/C16H21N3O2/c1-10(14-13(21-2)4-3-5-18-14)19-15(20)12(17)9-16-6-11(7-16)8-16/h3-5,9-11H,6-8,17H2,1-2H3,(H,19,20). The molecule has 1 amide bonds. The third kappa shape index (κ3) is 2.48. The summed E-state index contributed by atoms with van der Waals surface area (Å²) in [6, 6.07) is 3.37. The minimum Gasteiger partial charge on any atom is -0.495 e. The summed E-state index contributed by atoms with van der Waals surface area (Å²) < 4.78 is 5.26. The first kappa shape index (κ1) is 13.9. The number of ether oxygens (including phenoxy) is 1. The topological polar surface area (TPSA) is 77.2 Å². The van der Waals surface area contributed by atoms with Crippen molar-refractivity contribution in [1.82, 2.24) is 10.3 Å². The molecule has 3 N–H and O–H groups in total. The third-order valence-electron chi connectivity index (χ3n) is 4.59. The van der Waals surface area contributed by atoms with Gasteiger partial charge in [0.25, 0.3) is 5.91 Å². The Morgan fingerprint density at radius 3 is 2.86 bits per heavy atom. The predicted octanol–water partition coefficient (Wildman–Crippen LogP) is 1.91. The second-order valence-electron chi connectivity index (χ2n) is 6.23. The molecule has 0 saturated heterocycles. The highest BCUT2D eigenvalue weighted by molar-refractivity contribution is 5.92. The van der Waals surface area contributed by atoms with Gasteiger partial charge in [-0.15, -0.1) is 0 Å². The lowest BCUT2D eigenvalue weighted by atomic mass is 9.44. The molecular weight excluding hydrogens is 266 g/mol. The van der Waals surface area contributed by atoms with E-state index in [1.54, 1.807) is 19.4 Å². The van der Waals surface area contributed by atoms with Crippen LogP contribution in [0.1, 0.15) is 37.9 Å². The number of carbonyl (C=O) groups excluding carboxylic acids is 1. The molecule has 112 valence electrons. The summed E-state index contributed by atoms with van der Waals surface area (Å²) in [5.74, 6) is 1.29. The summed E-state index contributed by atoms with van der Waals surface area (Å²) in [5.41, 5.74) is 7.17. The number of amides is 1. The largest absolute Gasteiger partial charge is 0.495 e. The Bertz CT molecular complexity index is 580. The number of methoxy groups -OCH3 is 1. The van der Waals surface area contributed by atoms with Crippen LogP contribution in [-0.4, -0.2) is 18.0 Å². The number of nitrogens with two attached hydrogens (primary N) is 1. The van der Waals surface area contributed by atoms with Gasteiger partial charge >= 0.3 is 0 Å². The molecule has 3 fully saturated rings. The molecule has 4 rings (SSSR count). The zero-order valence-corrected chi connectivity index (χ0v) is 12.4. The van der Waals surface area contributed by atoms with Crippen molar-refractivity contribution in [2.75, 3.05) is 7.11 Å². The summed E-state index contributed by atoms with van der Waals surface area (Å²) in [5, 5.41) is 2.88. The third-order valence-corrected chi connectivity index (χ3v) is 4.59. The summed E-state index contributed by atoms with van der Waals surface area (Å²) in [7, 11) is 1.59. The van der Waals surface area contributed by atoms with Crippen molar-refractivity contribution < 1.29 is 9.53 Å². The van der Waals surface area contributed by atoms with Crippen LogP contribution in [0.25, 0.3) is 0 Å². The van der Waals surface area contributed by atoms with E-state index < -0.39 is 0 Å². The first-order chi connectivity index (χ1) is 10.0. The second kappa shape index (κ2) is 5.06. The minimum atomic E-state index is -0.256. The summed E-state index contributed by atoms with van der Waals surface area (Å²) >= 11 is 0. The van der Waals surface area contributed by atoms with Crippen molar-refractivity contribution >= 4 is 5.91 Å². The molecule has 0 aromatic carbocycles. The van der Waals surface area contributed by atoms with Crippen LogP contribution < -0.4 is 15.8 Å². The molecule has 0 aliphatic heterocycles. The van der Waals surface area contributed by atoms with Crippen LogP contribution in [0.2, 0.25) is 0 Å². The molecule has 0 radical (unpaired) electrons. The summed E-state index contributed by atoms with van der Waals surface area (Å²) in [4.78, 5) is 16.5. The van der Waals surface area contributed by atoms with Crippen LogP contribution in [-0.2, 0) is 4.79 Å². The highest BCUT2D eigenvalue weighted by atomic mass is 16.5.